The van der Waals surface area contributed by atoms with Gasteiger partial charge in [0, 0.05) is 27.2 Å². The van der Waals surface area contributed by atoms with Crippen molar-refractivity contribution in [3.05, 3.63) is 0 Å². The number of nitrogens with one attached hydrogen (secondary N) is 1. The van der Waals surface area contributed by atoms with Crippen LogP contribution >= 0.6 is 0 Å². The Labute approximate surface area is 151 Å². The van der Waals surface area contributed by atoms with Gasteiger partial charge in [0.1, 0.15) is 6.10 Å². The quantitative estimate of drug-likeness (QED) is 0.291. The molecular weight excluding hydrogens is 326 g/mol. The Bertz CT molecular complexity index is 345. The SMILES string of the molecule is C#CCNC(=O)CCCCCOCC(COCCOC)OCCOC. The maximum absolute atomic E-state index is 11.4. The summed E-state index contributed by atoms with van der Waals surface area (Å²) >= 11 is 0. The number of rotatable bonds is 18. The first-order valence-corrected chi connectivity index (χ1v) is 8.69. The number of carbonyl (C=O) groups excluding carboxylic acids is 1. The van der Waals surface area contributed by atoms with Crippen molar-refractivity contribution in [2.75, 3.05) is 67.0 Å². The van der Waals surface area contributed by atoms with Crippen LogP contribution in [0.5, 0.6) is 0 Å². The number of amides is 1. The lowest BCUT2D eigenvalue weighted by atomic mass is 10.2. The zero-order chi connectivity index (χ0) is 18.6. The third-order valence-electron chi connectivity index (χ3n) is 3.26. The van der Waals surface area contributed by atoms with Gasteiger partial charge in [-0.2, -0.15) is 0 Å². The number of unbranched alkanes of at least 4 members (excludes halogenated alkanes) is 2. The predicted molar refractivity (Wildman–Crippen MR) is 95.4 cm³/mol. The van der Waals surface area contributed by atoms with Crippen molar-refractivity contribution in [1.29, 1.82) is 0 Å². The van der Waals surface area contributed by atoms with Gasteiger partial charge in [-0.3, -0.25) is 4.79 Å². The van der Waals surface area contributed by atoms with E-state index in [1.807, 2.05) is 0 Å². The first-order valence-electron chi connectivity index (χ1n) is 8.69. The third-order valence-corrected chi connectivity index (χ3v) is 3.26. The number of terminal acetylenes is 1. The molecule has 0 rings (SSSR count). The van der Waals surface area contributed by atoms with E-state index in [0.29, 0.717) is 59.2 Å². The number of hydrogen-bond acceptors (Lipinski definition) is 6. The Morgan fingerprint density at radius 2 is 1.64 bits per heavy atom. The molecule has 0 fully saturated rings. The van der Waals surface area contributed by atoms with E-state index in [-0.39, 0.29) is 12.0 Å². The lowest BCUT2D eigenvalue weighted by Crippen LogP contribution is -2.28. The van der Waals surface area contributed by atoms with Crippen LogP contribution in [0.1, 0.15) is 25.7 Å². The van der Waals surface area contributed by atoms with Crippen LogP contribution in [-0.4, -0.2) is 79.0 Å². The number of methoxy groups -OCH3 is 2. The van der Waals surface area contributed by atoms with Gasteiger partial charge in [0.2, 0.25) is 5.91 Å². The van der Waals surface area contributed by atoms with Gasteiger partial charge in [0.15, 0.2) is 0 Å². The van der Waals surface area contributed by atoms with Crippen LogP contribution in [-0.2, 0) is 28.5 Å². The maximum Gasteiger partial charge on any atom is 0.220 e. The molecule has 0 aliphatic rings. The van der Waals surface area contributed by atoms with E-state index in [4.69, 9.17) is 30.1 Å². The highest BCUT2D eigenvalue weighted by atomic mass is 16.6. The number of hydrogen-bond donors (Lipinski definition) is 1. The standard InChI is InChI=1S/C18H33NO6/c1-4-9-19-18(20)8-6-5-7-10-23-15-17(25-14-12-22-3)16-24-13-11-21-2/h1,17H,5-16H2,2-3H3,(H,19,20). The minimum atomic E-state index is -0.124. The molecule has 0 heterocycles. The average Bonchev–Trinajstić information content (AvgIpc) is 2.62. The van der Waals surface area contributed by atoms with Crippen molar-refractivity contribution in [2.24, 2.45) is 0 Å². The Balaban J connectivity index is 3.67. The molecule has 1 N–H and O–H groups in total. The van der Waals surface area contributed by atoms with Crippen molar-refractivity contribution in [2.45, 2.75) is 31.8 Å². The molecule has 1 atom stereocenters. The van der Waals surface area contributed by atoms with Crippen molar-refractivity contribution in [3.63, 3.8) is 0 Å². The fourth-order valence-electron chi connectivity index (χ4n) is 1.92. The molecule has 0 aromatic rings. The Hall–Kier alpha value is -1.17. The highest BCUT2D eigenvalue weighted by Gasteiger charge is 2.10. The highest BCUT2D eigenvalue weighted by molar-refractivity contribution is 5.76. The minimum Gasteiger partial charge on any atom is -0.382 e. The van der Waals surface area contributed by atoms with Gasteiger partial charge in [-0.25, -0.2) is 0 Å². The van der Waals surface area contributed by atoms with E-state index in [2.05, 4.69) is 11.2 Å². The molecular formula is C18H33NO6. The molecule has 0 saturated heterocycles. The van der Waals surface area contributed by atoms with Gasteiger partial charge in [-0.05, 0) is 12.8 Å². The normalized spacial score (nSPS) is 11.9. The fraction of sp³-hybridized carbons (Fsp3) is 0.833. The van der Waals surface area contributed by atoms with Crippen LogP contribution in [0.15, 0.2) is 0 Å². The molecule has 25 heavy (non-hydrogen) atoms. The molecule has 0 aliphatic heterocycles. The van der Waals surface area contributed by atoms with Gasteiger partial charge >= 0.3 is 0 Å². The summed E-state index contributed by atoms with van der Waals surface area (Å²) in [7, 11) is 3.27. The van der Waals surface area contributed by atoms with Crippen molar-refractivity contribution in [1.82, 2.24) is 5.32 Å². The van der Waals surface area contributed by atoms with Crippen LogP contribution in [0.4, 0.5) is 0 Å². The van der Waals surface area contributed by atoms with E-state index < -0.39 is 0 Å². The van der Waals surface area contributed by atoms with E-state index in [9.17, 15) is 4.79 Å². The topological polar surface area (TPSA) is 75.3 Å². The fourth-order valence-corrected chi connectivity index (χ4v) is 1.92. The highest BCUT2D eigenvalue weighted by Crippen LogP contribution is 2.02. The van der Waals surface area contributed by atoms with Gasteiger partial charge in [-0.15, -0.1) is 6.42 Å². The number of ether oxygens (including phenoxy) is 5. The van der Waals surface area contributed by atoms with Crippen LogP contribution in [0, 0.1) is 12.3 Å². The first-order chi connectivity index (χ1) is 12.2. The second-order valence-electron chi connectivity index (χ2n) is 5.42. The summed E-state index contributed by atoms with van der Waals surface area (Å²) in [5.74, 6) is 2.38. The van der Waals surface area contributed by atoms with E-state index in [0.717, 1.165) is 19.3 Å². The molecule has 7 nitrogen and oxygen atoms in total. The maximum atomic E-state index is 11.4. The summed E-state index contributed by atoms with van der Waals surface area (Å²) in [6.45, 7) is 3.99. The summed E-state index contributed by atoms with van der Waals surface area (Å²) < 4.78 is 26.7. The molecule has 1 amide bonds. The van der Waals surface area contributed by atoms with Crippen molar-refractivity contribution in [3.8, 4) is 12.3 Å². The second-order valence-corrected chi connectivity index (χ2v) is 5.42. The summed E-state index contributed by atoms with van der Waals surface area (Å²) in [6.07, 6.45) is 8.12. The van der Waals surface area contributed by atoms with E-state index >= 15 is 0 Å². The van der Waals surface area contributed by atoms with Crippen LogP contribution in [0.25, 0.3) is 0 Å². The zero-order valence-electron chi connectivity index (χ0n) is 15.6. The van der Waals surface area contributed by atoms with E-state index in [1.165, 1.54) is 0 Å². The van der Waals surface area contributed by atoms with Crippen LogP contribution in [0.2, 0.25) is 0 Å². The van der Waals surface area contributed by atoms with Gasteiger partial charge in [-0.1, -0.05) is 12.3 Å². The molecule has 1 unspecified atom stereocenters. The molecule has 0 aromatic carbocycles. The lowest BCUT2D eigenvalue weighted by Gasteiger charge is -2.18. The predicted octanol–water partition coefficient (Wildman–Crippen LogP) is 1.01. The summed E-state index contributed by atoms with van der Waals surface area (Å²) in [4.78, 5) is 11.4. The Morgan fingerprint density at radius 3 is 2.32 bits per heavy atom. The molecule has 0 aliphatic carbocycles. The summed E-state index contributed by atoms with van der Waals surface area (Å²) in [6, 6.07) is 0. The summed E-state index contributed by atoms with van der Waals surface area (Å²) in [5, 5.41) is 2.65. The van der Waals surface area contributed by atoms with Crippen molar-refractivity contribution < 1.29 is 28.5 Å². The second kappa shape index (κ2) is 19.2. The molecule has 146 valence electrons. The van der Waals surface area contributed by atoms with Crippen LogP contribution < -0.4 is 5.32 Å². The first kappa shape index (κ1) is 23.8. The molecule has 0 radical (unpaired) electrons. The van der Waals surface area contributed by atoms with Crippen molar-refractivity contribution >= 4 is 5.91 Å². The zero-order valence-corrected chi connectivity index (χ0v) is 15.6. The van der Waals surface area contributed by atoms with Gasteiger partial charge in [0.05, 0.1) is 46.2 Å². The molecule has 0 bridgehead atoms. The third kappa shape index (κ3) is 17.4. The average molecular weight is 359 g/mol. The minimum absolute atomic E-state index is 0.00122. The Morgan fingerprint density at radius 1 is 0.960 bits per heavy atom. The smallest absolute Gasteiger partial charge is 0.220 e. The van der Waals surface area contributed by atoms with E-state index in [1.54, 1.807) is 14.2 Å². The lowest BCUT2D eigenvalue weighted by molar-refractivity contribution is -0.120. The summed E-state index contributed by atoms with van der Waals surface area (Å²) in [5.41, 5.74) is 0. The monoisotopic (exact) mass is 359 g/mol. The largest absolute Gasteiger partial charge is 0.382 e. The Kier molecular flexibility index (Phi) is 18.3. The molecule has 7 heteroatoms. The molecule has 0 saturated carbocycles. The van der Waals surface area contributed by atoms with Gasteiger partial charge in [0.25, 0.3) is 0 Å². The van der Waals surface area contributed by atoms with Crippen LogP contribution in [0.3, 0.4) is 0 Å². The van der Waals surface area contributed by atoms with Gasteiger partial charge < -0.3 is 29.0 Å². The molecule has 0 spiro atoms. The molecule has 0 aromatic heterocycles. The number of carbonyl (C=O) groups is 1.